The third-order valence-electron chi connectivity index (χ3n) is 7.55. The van der Waals surface area contributed by atoms with Gasteiger partial charge in [0.05, 0.1) is 6.61 Å². The molecular weight excluding hydrogens is 308 g/mol. The van der Waals surface area contributed by atoms with Crippen LogP contribution in [0.1, 0.15) is 72.1 Å². The average molecular weight is 347 g/mol. The van der Waals surface area contributed by atoms with Crippen LogP contribution in [0, 0.1) is 34.6 Å². The molecule has 1 nitrogen and oxygen atoms in total. The van der Waals surface area contributed by atoms with E-state index in [1.165, 1.54) is 56.7 Å². The second-order valence-corrected chi connectivity index (χ2v) is 14.1. The molecule has 0 aromatic carbocycles. The van der Waals surface area contributed by atoms with E-state index in [1.54, 1.807) is 0 Å². The van der Waals surface area contributed by atoms with E-state index < -0.39 is 8.07 Å². The Morgan fingerprint density at radius 3 is 1.96 bits per heavy atom. The minimum absolute atomic E-state index is 0.578. The molecule has 136 valence electrons. The lowest BCUT2D eigenvalue weighted by atomic mass is 9.50. The Bertz CT molecular complexity index is 425. The van der Waals surface area contributed by atoms with E-state index in [1.807, 2.05) is 0 Å². The Morgan fingerprint density at radius 2 is 1.46 bits per heavy atom. The fraction of sp³-hybridized carbons (Fsp3) is 0.909. The number of rotatable bonds is 8. The van der Waals surface area contributed by atoms with Crippen molar-refractivity contribution in [3.63, 3.8) is 0 Å². The summed E-state index contributed by atoms with van der Waals surface area (Å²) < 4.78 is 6.17. The Morgan fingerprint density at radius 1 is 0.917 bits per heavy atom. The van der Waals surface area contributed by atoms with Crippen LogP contribution in [0.5, 0.6) is 0 Å². The molecule has 0 aliphatic heterocycles. The molecule has 0 aromatic heterocycles. The number of hydrogen-bond acceptors (Lipinski definition) is 1. The maximum absolute atomic E-state index is 6.17. The largest absolute Gasteiger partial charge is 0.381 e. The van der Waals surface area contributed by atoms with E-state index in [-0.39, 0.29) is 0 Å². The number of unbranched alkanes of at least 4 members (excludes halogenated alkanes) is 1. The third kappa shape index (κ3) is 4.10. The summed E-state index contributed by atoms with van der Waals surface area (Å²) in [4.78, 5) is 0. The van der Waals surface area contributed by atoms with Gasteiger partial charge in [0, 0.05) is 13.0 Å². The van der Waals surface area contributed by atoms with Gasteiger partial charge >= 0.3 is 0 Å². The maximum atomic E-state index is 6.17. The molecule has 24 heavy (non-hydrogen) atoms. The maximum Gasteiger partial charge on any atom is 0.137 e. The fourth-order valence-corrected chi connectivity index (χ4v) is 8.81. The van der Waals surface area contributed by atoms with Gasteiger partial charge < -0.3 is 4.74 Å². The molecule has 0 radical (unpaired) electrons. The van der Waals surface area contributed by atoms with Gasteiger partial charge in [-0.2, -0.15) is 0 Å². The number of hydrogen-bond donors (Lipinski definition) is 0. The van der Waals surface area contributed by atoms with Crippen molar-refractivity contribution in [3.8, 4) is 11.5 Å². The molecule has 0 heterocycles. The first kappa shape index (κ1) is 18.5. The van der Waals surface area contributed by atoms with E-state index in [4.69, 9.17) is 4.74 Å². The lowest BCUT2D eigenvalue weighted by molar-refractivity contribution is -0.0963. The van der Waals surface area contributed by atoms with Crippen LogP contribution >= 0.6 is 0 Å². The van der Waals surface area contributed by atoms with Crippen molar-refractivity contribution in [3.05, 3.63) is 0 Å². The van der Waals surface area contributed by atoms with Crippen LogP contribution in [0.4, 0.5) is 0 Å². The topological polar surface area (TPSA) is 9.23 Å². The lowest BCUT2D eigenvalue weighted by Crippen LogP contribution is -2.48. The van der Waals surface area contributed by atoms with E-state index in [0.717, 1.165) is 43.8 Å². The Balaban J connectivity index is 1.36. The molecule has 4 aliphatic rings. The molecule has 0 atom stereocenters. The van der Waals surface area contributed by atoms with Crippen LogP contribution in [0.2, 0.25) is 18.1 Å². The monoisotopic (exact) mass is 346 g/mol. The zero-order chi connectivity index (χ0) is 17.0. The molecule has 4 fully saturated rings. The van der Waals surface area contributed by atoms with Crippen LogP contribution in [0.15, 0.2) is 0 Å². The van der Waals surface area contributed by atoms with Crippen LogP contribution in [0.3, 0.4) is 0 Å². The second-order valence-electron chi connectivity index (χ2n) is 9.22. The highest BCUT2D eigenvalue weighted by atomic mass is 28.3. The van der Waals surface area contributed by atoms with Crippen LogP contribution in [-0.2, 0) is 4.74 Å². The first-order valence-corrected chi connectivity index (χ1v) is 13.3. The lowest BCUT2D eigenvalue weighted by Gasteiger charge is -2.56. The standard InChI is InChI=1S/C22H38OSi/c1-4-24(5-2,6-3)11-9-7-8-10-23-18-22-15-19-12-20(16-22)14-21(13-19)17-22/h19-21H,4-8,10,12-18H2,1-3H3. The molecule has 0 amide bonds. The molecule has 0 aromatic rings. The van der Waals surface area contributed by atoms with Crippen LogP contribution in [0.25, 0.3) is 0 Å². The summed E-state index contributed by atoms with van der Waals surface area (Å²) in [6.07, 6.45) is 11.2. The summed E-state index contributed by atoms with van der Waals surface area (Å²) in [6, 6.07) is 3.94. The van der Waals surface area contributed by atoms with Crippen molar-refractivity contribution < 1.29 is 4.74 Å². The van der Waals surface area contributed by atoms with Crippen molar-refractivity contribution >= 4 is 8.07 Å². The zero-order valence-corrected chi connectivity index (χ0v) is 17.3. The molecule has 0 N–H and O–H groups in total. The molecule has 2 heteroatoms. The quantitative estimate of drug-likeness (QED) is 0.295. The predicted octanol–water partition coefficient (Wildman–Crippen LogP) is 6.05. The van der Waals surface area contributed by atoms with E-state index >= 15 is 0 Å². The van der Waals surface area contributed by atoms with Gasteiger partial charge in [-0.05, 0) is 86.2 Å². The Labute approximate surface area is 151 Å². The van der Waals surface area contributed by atoms with Crippen molar-refractivity contribution in [1.82, 2.24) is 0 Å². The first-order valence-electron chi connectivity index (χ1n) is 10.7. The first-order chi connectivity index (χ1) is 11.6. The predicted molar refractivity (Wildman–Crippen MR) is 106 cm³/mol. The van der Waals surface area contributed by atoms with Crippen molar-refractivity contribution in [2.75, 3.05) is 13.2 Å². The molecule has 4 bridgehead atoms. The Hall–Kier alpha value is -0.263. The van der Waals surface area contributed by atoms with E-state index in [0.29, 0.717) is 5.41 Å². The molecule has 0 spiro atoms. The Kier molecular flexibility index (Phi) is 6.14. The van der Waals surface area contributed by atoms with Gasteiger partial charge in [0.2, 0.25) is 0 Å². The van der Waals surface area contributed by atoms with Crippen molar-refractivity contribution in [1.29, 1.82) is 0 Å². The van der Waals surface area contributed by atoms with Gasteiger partial charge in [0.1, 0.15) is 8.07 Å². The van der Waals surface area contributed by atoms with Gasteiger partial charge in [0.15, 0.2) is 0 Å². The number of ether oxygens (including phenoxy) is 1. The summed E-state index contributed by atoms with van der Waals surface area (Å²) in [7, 11) is -1.24. The van der Waals surface area contributed by atoms with Crippen LogP contribution in [-0.4, -0.2) is 21.3 Å². The van der Waals surface area contributed by atoms with Gasteiger partial charge in [0.25, 0.3) is 0 Å². The summed E-state index contributed by atoms with van der Waals surface area (Å²) >= 11 is 0. The zero-order valence-electron chi connectivity index (χ0n) is 16.3. The molecule has 4 aliphatic carbocycles. The van der Waals surface area contributed by atoms with Gasteiger partial charge in [-0.3, -0.25) is 0 Å². The molecule has 0 unspecified atom stereocenters. The normalized spacial score (nSPS) is 34.2. The van der Waals surface area contributed by atoms with Crippen molar-refractivity contribution in [2.24, 2.45) is 23.2 Å². The summed E-state index contributed by atoms with van der Waals surface area (Å²) in [5, 5.41) is 0. The smallest absolute Gasteiger partial charge is 0.137 e. The highest BCUT2D eigenvalue weighted by Gasteiger charge is 2.50. The molecule has 4 rings (SSSR count). The van der Waals surface area contributed by atoms with Crippen molar-refractivity contribution in [2.45, 2.75) is 90.3 Å². The van der Waals surface area contributed by atoms with Crippen LogP contribution < -0.4 is 0 Å². The fourth-order valence-electron chi connectivity index (χ4n) is 6.28. The minimum atomic E-state index is -1.24. The molecular formula is C22H38OSi. The highest BCUT2D eigenvalue weighted by molar-refractivity contribution is 6.87. The summed E-state index contributed by atoms with van der Waals surface area (Å²) in [5.41, 5.74) is 4.28. The summed E-state index contributed by atoms with van der Waals surface area (Å²) in [5.74, 6) is 6.63. The van der Waals surface area contributed by atoms with Gasteiger partial charge in [-0.15, -0.1) is 11.5 Å². The summed E-state index contributed by atoms with van der Waals surface area (Å²) in [6.45, 7) is 8.98. The van der Waals surface area contributed by atoms with Gasteiger partial charge in [-0.1, -0.05) is 20.8 Å². The highest BCUT2D eigenvalue weighted by Crippen LogP contribution is 2.60. The van der Waals surface area contributed by atoms with E-state index in [2.05, 4.69) is 32.2 Å². The molecule has 0 saturated heterocycles. The second kappa shape index (κ2) is 7.96. The SMILES string of the molecule is CC[Si](C#CCCCOCC12CC3CC(CC(C3)C1)C2)(CC)CC. The molecule has 4 saturated carbocycles. The van der Waals surface area contributed by atoms with Gasteiger partial charge in [-0.25, -0.2) is 0 Å². The average Bonchev–Trinajstić information content (AvgIpc) is 2.57. The minimum Gasteiger partial charge on any atom is -0.381 e. The van der Waals surface area contributed by atoms with E-state index in [9.17, 15) is 0 Å². The third-order valence-corrected chi connectivity index (χ3v) is 12.3.